The Bertz CT molecular complexity index is 196. The molecule has 0 amide bonds. The molecule has 4 nitrogen and oxygen atoms in total. The third-order valence-corrected chi connectivity index (χ3v) is 2.02. The van der Waals surface area contributed by atoms with Gasteiger partial charge in [0, 0.05) is 18.9 Å². The van der Waals surface area contributed by atoms with Gasteiger partial charge in [-0.1, -0.05) is 20.3 Å². The maximum atomic E-state index is 11.2. The molecular weight excluding hydrogens is 178 g/mol. The van der Waals surface area contributed by atoms with E-state index in [9.17, 15) is 4.79 Å². The molecule has 0 radical (unpaired) electrons. The molecule has 0 unspecified atom stereocenters. The van der Waals surface area contributed by atoms with Crippen LogP contribution in [0.2, 0.25) is 0 Å². The number of guanidine groups is 1. The average molecular weight is 199 g/mol. The zero-order valence-corrected chi connectivity index (χ0v) is 9.12. The molecule has 0 aromatic rings. The van der Waals surface area contributed by atoms with Gasteiger partial charge in [0.2, 0.25) is 0 Å². The second-order valence-electron chi connectivity index (χ2n) is 3.74. The normalized spacial score (nSPS) is 10.2. The summed E-state index contributed by atoms with van der Waals surface area (Å²) in [6.07, 6.45) is 3.58. The van der Waals surface area contributed by atoms with Gasteiger partial charge in [-0.05, 0) is 12.8 Å². The van der Waals surface area contributed by atoms with Gasteiger partial charge < -0.3 is 11.5 Å². The van der Waals surface area contributed by atoms with Crippen LogP contribution in [0.25, 0.3) is 0 Å². The van der Waals surface area contributed by atoms with Crippen molar-refractivity contribution < 1.29 is 4.79 Å². The first kappa shape index (κ1) is 12.9. The molecule has 0 atom stereocenters. The lowest BCUT2D eigenvalue weighted by Crippen LogP contribution is -2.22. The van der Waals surface area contributed by atoms with Crippen molar-refractivity contribution in [1.82, 2.24) is 0 Å². The van der Waals surface area contributed by atoms with E-state index in [2.05, 4.69) is 4.99 Å². The minimum atomic E-state index is 0.142. The van der Waals surface area contributed by atoms with Crippen molar-refractivity contribution in [1.29, 1.82) is 0 Å². The van der Waals surface area contributed by atoms with E-state index in [0.717, 1.165) is 19.3 Å². The van der Waals surface area contributed by atoms with Crippen LogP contribution in [0.5, 0.6) is 0 Å². The smallest absolute Gasteiger partial charge is 0.185 e. The number of ketones is 1. The van der Waals surface area contributed by atoms with Crippen LogP contribution in [0, 0.1) is 5.92 Å². The van der Waals surface area contributed by atoms with Gasteiger partial charge in [0.25, 0.3) is 0 Å². The minimum Gasteiger partial charge on any atom is -0.370 e. The van der Waals surface area contributed by atoms with Crippen molar-refractivity contribution in [3.63, 3.8) is 0 Å². The summed E-state index contributed by atoms with van der Waals surface area (Å²) in [7, 11) is 0. The second kappa shape index (κ2) is 7.35. The number of hydrogen-bond donors (Lipinski definition) is 2. The van der Waals surface area contributed by atoms with Gasteiger partial charge in [0.15, 0.2) is 5.96 Å². The number of nitrogens with zero attached hydrogens (tertiary/aromatic N) is 1. The summed E-state index contributed by atoms with van der Waals surface area (Å²) in [4.78, 5) is 15.1. The molecular formula is C10H21N3O. The van der Waals surface area contributed by atoms with E-state index < -0.39 is 0 Å². The molecule has 4 N–H and O–H groups in total. The van der Waals surface area contributed by atoms with E-state index in [1.807, 2.05) is 13.8 Å². The molecule has 82 valence electrons. The third kappa shape index (κ3) is 7.58. The number of Topliss-reactive ketones (excluding diaryl/α,β-unsaturated/α-hetero) is 1. The topological polar surface area (TPSA) is 81.5 Å². The first-order chi connectivity index (χ1) is 6.54. The van der Waals surface area contributed by atoms with Gasteiger partial charge in [-0.2, -0.15) is 0 Å². The zero-order valence-electron chi connectivity index (χ0n) is 9.12. The van der Waals surface area contributed by atoms with Crippen LogP contribution in [-0.2, 0) is 4.79 Å². The highest BCUT2D eigenvalue weighted by Gasteiger charge is 2.05. The molecule has 0 aromatic carbocycles. The van der Waals surface area contributed by atoms with Crippen LogP contribution in [-0.4, -0.2) is 18.3 Å². The minimum absolute atomic E-state index is 0.142. The van der Waals surface area contributed by atoms with Gasteiger partial charge in [0.05, 0.1) is 0 Å². The van der Waals surface area contributed by atoms with Gasteiger partial charge in [-0.15, -0.1) is 0 Å². The standard InChI is InChI=1S/C10H21N3O/c1-8(2)9(14)6-4-3-5-7-13-10(11)12/h8H,3-7H2,1-2H3,(H4,11,12,13). The molecule has 0 rings (SSSR count). The van der Waals surface area contributed by atoms with E-state index in [-0.39, 0.29) is 11.9 Å². The van der Waals surface area contributed by atoms with Crippen molar-refractivity contribution in [2.75, 3.05) is 6.54 Å². The Hall–Kier alpha value is -1.06. The highest BCUT2D eigenvalue weighted by atomic mass is 16.1. The van der Waals surface area contributed by atoms with Crippen molar-refractivity contribution >= 4 is 11.7 Å². The summed E-state index contributed by atoms with van der Waals surface area (Å²) in [5.41, 5.74) is 10.3. The number of hydrogen-bond acceptors (Lipinski definition) is 2. The maximum absolute atomic E-state index is 11.2. The monoisotopic (exact) mass is 199 g/mol. The molecule has 0 aliphatic heterocycles. The Labute approximate surface area is 85.8 Å². The van der Waals surface area contributed by atoms with Crippen LogP contribution in [0.1, 0.15) is 39.5 Å². The number of rotatable bonds is 7. The Kier molecular flexibility index (Phi) is 6.80. The van der Waals surface area contributed by atoms with Gasteiger partial charge in [0.1, 0.15) is 5.78 Å². The third-order valence-electron chi connectivity index (χ3n) is 2.02. The molecule has 0 spiro atoms. The van der Waals surface area contributed by atoms with Gasteiger partial charge >= 0.3 is 0 Å². The van der Waals surface area contributed by atoms with E-state index in [1.54, 1.807) is 0 Å². The predicted octanol–water partition coefficient (Wildman–Crippen LogP) is 1.05. The SMILES string of the molecule is CC(C)C(=O)CCCCCN=C(N)N. The molecule has 0 bridgehead atoms. The summed E-state index contributed by atoms with van der Waals surface area (Å²) in [6, 6.07) is 0. The van der Waals surface area contributed by atoms with Crippen molar-refractivity contribution in [2.24, 2.45) is 22.4 Å². The van der Waals surface area contributed by atoms with Crippen LogP contribution >= 0.6 is 0 Å². The van der Waals surface area contributed by atoms with E-state index in [1.165, 1.54) is 0 Å². The fourth-order valence-electron chi connectivity index (χ4n) is 1.08. The van der Waals surface area contributed by atoms with Crippen LogP contribution in [0.4, 0.5) is 0 Å². The lowest BCUT2D eigenvalue weighted by Gasteiger charge is -2.02. The van der Waals surface area contributed by atoms with Crippen molar-refractivity contribution in [3.8, 4) is 0 Å². The highest BCUT2D eigenvalue weighted by molar-refractivity contribution is 5.80. The molecule has 0 saturated carbocycles. The maximum Gasteiger partial charge on any atom is 0.185 e. The van der Waals surface area contributed by atoms with Gasteiger partial charge in [-0.25, -0.2) is 0 Å². The molecule has 14 heavy (non-hydrogen) atoms. The number of aliphatic imine (C=N–C) groups is 1. The van der Waals surface area contributed by atoms with Crippen molar-refractivity contribution in [2.45, 2.75) is 39.5 Å². The predicted molar refractivity (Wildman–Crippen MR) is 59.0 cm³/mol. The molecule has 4 heteroatoms. The largest absolute Gasteiger partial charge is 0.370 e. The summed E-state index contributed by atoms with van der Waals surface area (Å²) in [5, 5.41) is 0. The summed E-state index contributed by atoms with van der Waals surface area (Å²) < 4.78 is 0. The first-order valence-corrected chi connectivity index (χ1v) is 5.12. The lowest BCUT2D eigenvalue weighted by molar-refractivity contribution is -0.122. The Morgan fingerprint density at radius 1 is 1.21 bits per heavy atom. The Balaban J connectivity index is 3.30. The zero-order chi connectivity index (χ0) is 11.0. The number of carbonyl (C=O) groups is 1. The van der Waals surface area contributed by atoms with Gasteiger partial charge in [-0.3, -0.25) is 9.79 Å². The Morgan fingerprint density at radius 2 is 1.86 bits per heavy atom. The van der Waals surface area contributed by atoms with E-state index in [4.69, 9.17) is 11.5 Å². The Morgan fingerprint density at radius 3 is 2.36 bits per heavy atom. The number of carbonyl (C=O) groups excluding carboxylic acids is 1. The molecule has 0 aliphatic rings. The fraction of sp³-hybridized carbons (Fsp3) is 0.800. The molecule has 0 heterocycles. The highest BCUT2D eigenvalue weighted by Crippen LogP contribution is 2.05. The quantitative estimate of drug-likeness (QED) is 0.365. The van der Waals surface area contributed by atoms with Crippen LogP contribution in [0.15, 0.2) is 4.99 Å². The number of nitrogens with two attached hydrogens (primary N) is 2. The van der Waals surface area contributed by atoms with E-state index in [0.29, 0.717) is 18.7 Å². The summed E-state index contributed by atoms with van der Waals surface area (Å²) in [6.45, 7) is 4.53. The lowest BCUT2D eigenvalue weighted by atomic mass is 10.0. The molecule has 0 aromatic heterocycles. The summed E-state index contributed by atoms with van der Waals surface area (Å²) >= 11 is 0. The second-order valence-corrected chi connectivity index (χ2v) is 3.74. The molecule has 0 aliphatic carbocycles. The average Bonchev–Trinajstić information content (AvgIpc) is 2.09. The summed E-state index contributed by atoms with van der Waals surface area (Å²) in [5.74, 6) is 0.641. The van der Waals surface area contributed by atoms with Crippen LogP contribution in [0.3, 0.4) is 0 Å². The molecule has 0 fully saturated rings. The molecule has 0 saturated heterocycles. The van der Waals surface area contributed by atoms with Crippen molar-refractivity contribution in [3.05, 3.63) is 0 Å². The van der Waals surface area contributed by atoms with Crippen LogP contribution < -0.4 is 11.5 Å². The first-order valence-electron chi connectivity index (χ1n) is 5.12. The number of unbranched alkanes of at least 4 members (excludes halogenated alkanes) is 2. The van der Waals surface area contributed by atoms with E-state index >= 15 is 0 Å². The fourth-order valence-corrected chi connectivity index (χ4v) is 1.08.